The van der Waals surface area contributed by atoms with E-state index in [0.717, 1.165) is 38.4 Å². The van der Waals surface area contributed by atoms with Crippen molar-refractivity contribution >= 4 is 40.6 Å². The molecule has 1 atom stereocenters. The quantitative estimate of drug-likeness (QED) is 0.704. The van der Waals surface area contributed by atoms with Crippen molar-refractivity contribution in [2.75, 3.05) is 43.9 Å². The van der Waals surface area contributed by atoms with E-state index in [0.29, 0.717) is 13.0 Å². The van der Waals surface area contributed by atoms with Gasteiger partial charge in [0, 0.05) is 61.1 Å². The molecule has 2 aliphatic heterocycles. The Morgan fingerprint density at radius 3 is 2.54 bits per heavy atom. The van der Waals surface area contributed by atoms with Gasteiger partial charge in [0.15, 0.2) is 0 Å². The van der Waals surface area contributed by atoms with Gasteiger partial charge >= 0.3 is 0 Å². The van der Waals surface area contributed by atoms with Gasteiger partial charge in [-0.3, -0.25) is 14.5 Å². The van der Waals surface area contributed by atoms with Crippen LogP contribution in [0.5, 0.6) is 0 Å². The number of carbonyl (C=O) groups is 2. The van der Waals surface area contributed by atoms with Crippen molar-refractivity contribution in [1.82, 2.24) is 9.80 Å². The monoisotopic (exact) mass is 415 g/mol. The van der Waals surface area contributed by atoms with Gasteiger partial charge in [-0.15, -0.1) is 23.1 Å². The number of piperazine rings is 1. The van der Waals surface area contributed by atoms with Crippen molar-refractivity contribution in [2.24, 2.45) is 5.92 Å². The van der Waals surface area contributed by atoms with Crippen LogP contribution in [0.3, 0.4) is 0 Å². The highest BCUT2D eigenvalue weighted by atomic mass is 32.2. The lowest BCUT2D eigenvalue weighted by molar-refractivity contribution is -0.137. The van der Waals surface area contributed by atoms with Crippen molar-refractivity contribution in [1.29, 1.82) is 0 Å². The standard InChI is InChI=1S/C21H25N3O2S2/c1-27-18-6-4-17(5-7-18)24-14-16(13-20(24)25)21(26)23-10-8-22(9-11-23)15-19-3-2-12-28-19/h2-7,12,16H,8-11,13-15H2,1H3. The second-order valence-corrected chi connectivity index (χ2v) is 9.20. The minimum absolute atomic E-state index is 0.0478. The highest BCUT2D eigenvalue weighted by Gasteiger charge is 2.37. The lowest BCUT2D eigenvalue weighted by Gasteiger charge is -2.35. The number of nitrogens with zero attached hydrogens (tertiary/aromatic N) is 3. The minimum Gasteiger partial charge on any atom is -0.340 e. The van der Waals surface area contributed by atoms with Crippen LogP contribution < -0.4 is 4.90 Å². The van der Waals surface area contributed by atoms with E-state index in [4.69, 9.17) is 0 Å². The molecule has 2 amide bonds. The maximum atomic E-state index is 13.0. The molecule has 0 N–H and O–H groups in total. The van der Waals surface area contributed by atoms with E-state index in [2.05, 4.69) is 22.4 Å². The Labute approximate surface area is 174 Å². The summed E-state index contributed by atoms with van der Waals surface area (Å²) in [6.45, 7) is 4.73. The summed E-state index contributed by atoms with van der Waals surface area (Å²) in [5.41, 5.74) is 0.888. The molecule has 2 aliphatic rings. The topological polar surface area (TPSA) is 43.9 Å². The third kappa shape index (κ3) is 4.26. The van der Waals surface area contributed by atoms with Gasteiger partial charge < -0.3 is 9.80 Å². The third-order valence-corrected chi connectivity index (χ3v) is 7.11. The van der Waals surface area contributed by atoms with Crippen molar-refractivity contribution in [3.8, 4) is 0 Å². The maximum absolute atomic E-state index is 13.0. The van der Waals surface area contributed by atoms with Gasteiger partial charge in [0.25, 0.3) is 0 Å². The first-order valence-corrected chi connectivity index (χ1v) is 11.7. The first-order chi connectivity index (χ1) is 13.6. The lowest BCUT2D eigenvalue weighted by Crippen LogP contribution is -2.50. The predicted octanol–water partition coefficient (Wildman–Crippen LogP) is 3.17. The van der Waals surface area contributed by atoms with E-state index >= 15 is 0 Å². The Balaban J connectivity index is 1.32. The summed E-state index contributed by atoms with van der Waals surface area (Å²) in [5.74, 6) is -0.0458. The van der Waals surface area contributed by atoms with Gasteiger partial charge in [0.1, 0.15) is 0 Å². The van der Waals surface area contributed by atoms with E-state index in [9.17, 15) is 9.59 Å². The van der Waals surface area contributed by atoms with Crippen molar-refractivity contribution < 1.29 is 9.59 Å². The molecule has 2 aromatic rings. The number of amides is 2. The first-order valence-electron chi connectivity index (χ1n) is 9.62. The second kappa shape index (κ2) is 8.68. The summed E-state index contributed by atoms with van der Waals surface area (Å²) in [5, 5.41) is 2.10. The average molecular weight is 416 g/mol. The van der Waals surface area contributed by atoms with Crippen LogP contribution in [-0.4, -0.2) is 60.6 Å². The highest BCUT2D eigenvalue weighted by Crippen LogP contribution is 2.28. The highest BCUT2D eigenvalue weighted by molar-refractivity contribution is 7.98. The van der Waals surface area contributed by atoms with Crippen LogP contribution in [0.25, 0.3) is 0 Å². The van der Waals surface area contributed by atoms with Gasteiger partial charge in [0.05, 0.1) is 5.92 Å². The molecule has 0 spiro atoms. The predicted molar refractivity (Wildman–Crippen MR) is 115 cm³/mol. The molecule has 0 bridgehead atoms. The molecule has 0 aliphatic carbocycles. The molecule has 1 aromatic carbocycles. The number of benzene rings is 1. The van der Waals surface area contributed by atoms with Crippen LogP contribution in [0, 0.1) is 5.92 Å². The summed E-state index contributed by atoms with van der Waals surface area (Å²) in [7, 11) is 0. The smallest absolute Gasteiger partial charge is 0.228 e. The van der Waals surface area contributed by atoms with E-state index < -0.39 is 0 Å². The van der Waals surface area contributed by atoms with E-state index in [-0.39, 0.29) is 17.7 Å². The molecule has 1 aromatic heterocycles. The van der Waals surface area contributed by atoms with Gasteiger partial charge in [0.2, 0.25) is 11.8 Å². The molecular formula is C21H25N3O2S2. The Morgan fingerprint density at radius 2 is 1.89 bits per heavy atom. The third-order valence-electron chi connectivity index (χ3n) is 5.50. The molecular weight excluding hydrogens is 390 g/mol. The van der Waals surface area contributed by atoms with Crippen molar-refractivity contribution in [3.63, 3.8) is 0 Å². The Bertz CT molecular complexity index is 815. The molecule has 1 unspecified atom stereocenters. The molecule has 2 saturated heterocycles. The second-order valence-electron chi connectivity index (χ2n) is 7.28. The summed E-state index contributed by atoms with van der Waals surface area (Å²) in [6, 6.07) is 12.2. The summed E-state index contributed by atoms with van der Waals surface area (Å²) < 4.78 is 0. The fraction of sp³-hybridized carbons (Fsp3) is 0.429. The van der Waals surface area contributed by atoms with E-state index in [1.165, 1.54) is 9.77 Å². The number of rotatable bonds is 5. The van der Waals surface area contributed by atoms with Crippen LogP contribution in [0.15, 0.2) is 46.7 Å². The van der Waals surface area contributed by atoms with Crippen LogP contribution in [0.4, 0.5) is 5.69 Å². The number of thioether (sulfide) groups is 1. The molecule has 2 fully saturated rings. The number of thiophene rings is 1. The molecule has 0 radical (unpaired) electrons. The van der Waals surface area contributed by atoms with E-state index in [1.54, 1.807) is 28.0 Å². The molecule has 5 nitrogen and oxygen atoms in total. The molecule has 4 rings (SSSR count). The normalized spacial score (nSPS) is 20.8. The summed E-state index contributed by atoms with van der Waals surface area (Å²) >= 11 is 3.46. The maximum Gasteiger partial charge on any atom is 0.228 e. The Morgan fingerprint density at radius 1 is 1.14 bits per heavy atom. The number of anilines is 1. The fourth-order valence-corrected chi connectivity index (χ4v) is 5.05. The summed E-state index contributed by atoms with van der Waals surface area (Å²) in [4.78, 5) is 34.1. The zero-order chi connectivity index (χ0) is 19.5. The summed E-state index contributed by atoms with van der Waals surface area (Å²) in [6.07, 6.45) is 2.35. The minimum atomic E-state index is -0.225. The van der Waals surface area contributed by atoms with Gasteiger partial charge in [-0.05, 0) is 42.0 Å². The van der Waals surface area contributed by atoms with Crippen LogP contribution in [0.1, 0.15) is 11.3 Å². The number of carbonyl (C=O) groups excluding carboxylic acids is 2. The van der Waals surface area contributed by atoms with E-state index in [1.807, 2.05) is 35.4 Å². The van der Waals surface area contributed by atoms with Crippen LogP contribution in [-0.2, 0) is 16.1 Å². The van der Waals surface area contributed by atoms with Crippen molar-refractivity contribution in [3.05, 3.63) is 46.7 Å². The zero-order valence-electron chi connectivity index (χ0n) is 16.0. The molecule has 3 heterocycles. The lowest BCUT2D eigenvalue weighted by atomic mass is 10.1. The average Bonchev–Trinajstić information content (AvgIpc) is 3.38. The largest absolute Gasteiger partial charge is 0.340 e. The zero-order valence-corrected chi connectivity index (χ0v) is 17.7. The molecule has 0 saturated carbocycles. The molecule has 7 heteroatoms. The Hall–Kier alpha value is -1.83. The molecule has 28 heavy (non-hydrogen) atoms. The molecule has 148 valence electrons. The van der Waals surface area contributed by atoms with Crippen LogP contribution >= 0.6 is 23.1 Å². The van der Waals surface area contributed by atoms with Gasteiger partial charge in [-0.2, -0.15) is 0 Å². The van der Waals surface area contributed by atoms with Gasteiger partial charge in [-0.1, -0.05) is 6.07 Å². The SMILES string of the molecule is CSc1ccc(N2CC(C(=O)N3CCN(Cc4cccs4)CC3)CC2=O)cc1. The number of hydrogen-bond donors (Lipinski definition) is 0. The first kappa shape index (κ1) is 19.5. The Kier molecular flexibility index (Phi) is 6.04. The van der Waals surface area contributed by atoms with Crippen molar-refractivity contribution in [2.45, 2.75) is 17.9 Å². The van der Waals surface area contributed by atoms with Crippen LogP contribution in [0.2, 0.25) is 0 Å². The fourth-order valence-electron chi connectivity index (χ4n) is 3.89. The van der Waals surface area contributed by atoms with Gasteiger partial charge in [-0.25, -0.2) is 0 Å². The number of hydrogen-bond acceptors (Lipinski definition) is 5.